The van der Waals surface area contributed by atoms with Crippen molar-refractivity contribution in [1.82, 2.24) is 0 Å². The van der Waals surface area contributed by atoms with Gasteiger partial charge in [0.15, 0.2) is 0 Å². The molecule has 0 bridgehead atoms. The maximum Gasteiger partial charge on any atom is 0.143 e. The Morgan fingerprint density at radius 3 is 1.91 bits per heavy atom. The lowest BCUT2D eigenvalue weighted by atomic mass is 9.94. The van der Waals surface area contributed by atoms with Gasteiger partial charge in [-0.15, -0.1) is 0 Å². The molecule has 152 valence electrons. The molecular formula is C31H22O. The van der Waals surface area contributed by atoms with Gasteiger partial charge in [-0.2, -0.15) is 0 Å². The van der Waals surface area contributed by atoms with E-state index < -0.39 is 0 Å². The zero-order chi connectivity index (χ0) is 21.5. The van der Waals surface area contributed by atoms with E-state index in [0.29, 0.717) is 0 Å². The van der Waals surface area contributed by atoms with Crippen LogP contribution in [-0.4, -0.2) is 0 Å². The van der Waals surface area contributed by atoms with E-state index in [4.69, 9.17) is 4.42 Å². The van der Waals surface area contributed by atoms with Gasteiger partial charge < -0.3 is 4.42 Å². The number of fused-ring (bicyclic) bond motifs is 3. The molecule has 0 saturated heterocycles. The molecule has 0 saturated carbocycles. The molecule has 0 atom stereocenters. The minimum atomic E-state index is 0.931. The highest BCUT2D eigenvalue weighted by Crippen LogP contribution is 2.36. The Kier molecular flexibility index (Phi) is 4.40. The molecule has 0 aliphatic rings. The Hall–Kier alpha value is -4.10. The van der Waals surface area contributed by atoms with Gasteiger partial charge in [-0.1, -0.05) is 109 Å². The van der Waals surface area contributed by atoms with Crippen LogP contribution in [-0.2, 0) is 0 Å². The molecule has 0 aliphatic heterocycles. The van der Waals surface area contributed by atoms with E-state index >= 15 is 0 Å². The van der Waals surface area contributed by atoms with Crippen molar-refractivity contribution in [2.75, 3.05) is 0 Å². The highest BCUT2D eigenvalue weighted by molar-refractivity contribution is 6.09. The zero-order valence-corrected chi connectivity index (χ0v) is 17.9. The summed E-state index contributed by atoms with van der Waals surface area (Å²) in [6, 6.07) is 40.7. The normalized spacial score (nSPS) is 11.3. The third kappa shape index (κ3) is 3.11. The summed E-state index contributed by atoms with van der Waals surface area (Å²) >= 11 is 0. The lowest BCUT2D eigenvalue weighted by Gasteiger charge is -2.10. The number of furan rings is 1. The monoisotopic (exact) mass is 410 g/mol. The molecule has 0 N–H and O–H groups in total. The first kappa shape index (κ1) is 18.7. The minimum Gasteiger partial charge on any atom is -0.455 e. The van der Waals surface area contributed by atoms with Crippen LogP contribution in [0.4, 0.5) is 0 Å². The maximum absolute atomic E-state index is 6.23. The highest BCUT2D eigenvalue weighted by atomic mass is 16.3. The molecule has 6 aromatic rings. The quantitative estimate of drug-likeness (QED) is 0.284. The number of hydrogen-bond acceptors (Lipinski definition) is 1. The van der Waals surface area contributed by atoms with Crippen LogP contribution in [0.5, 0.6) is 0 Å². The molecule has 0 unspecified atom stereocenters. The first-order valence-corrected chi connectivity index (χ1v) is 10.9. The first-order chi connectivity index (χ1) is 15.8. The van der Waals surface area contributed by atoms with Crippen LogP contribution in [0, 0.1) is 6.92 Å². The van der Waals surface area contributed by atoms with Crippen LogP contribution in [0.2, 0.25) is 0 Å². The fraction of sp³-hybridized carbons (Fsp3) is 0.0323. The molecule has 0 radical (unpaired) electrons. The van der Waals surface area contributed by atoms with Gasteiger partial charge in [0.1, 0.15) is 11.2 Å². The van der Waals surface area contributed by atoms with E-state index in [1.54, 1.807) is 0 Å². The van der Waals surface area contributed by atoms with Crippen LogP contribution in [0.1, 0.15) is 5.56 Å². The predicted molar refractivity (Wildman–Crippen MR) is 135 cm³/mol. The van der Waals surface area contributed by atoms with Crippen molar-refractivity contribution in [3.63, 3.8) is 0 Å². The Morgan fingerprint density at radius 2 is 1.12 bits per heavy atom. The van der Waals surface area contributed by atoms with E-state index in [2.05, 4.69) is 110 Å². The van der Waals surface area contributed by atoms with Crippen molar-refractivity contribution in [2.45, 2.75) is 6.92 Å². The molecule has 1 nitrogen and oxygen atoms in total. The molecule has 0 aliphatic carbocycles. The summed E-state index contributed by atoms with van der Waals surface area (Å²) in [5, 5.41) is 2.32. The van der Waals surface area contributed by atoms with Crippen LogP contribution >= 0.6 is 0 Å². The number of benzene rings is 5. The Balaban J connectivity index is 1.38. The van der Waals surface area contributed by atoms with E-state index in [1.165, 1.54) is 27.8 Å². The molecule has 32 heavy (non-hydrogen) atoms. The number of aryl methyl sites for hydroxylation is 1. The second-order valence-electron chi connectivity index (χ2n) is 8.25. The van der Waals surface area contributed by atoms with Gasteiger partial charge in [0.25, 0.3) is 0 Å². The SMILES string of the molecule is Cc1cc(-c2ccccc2)ccc1-c1ccc(-c2cccc3c2oc2ccccc23)cc1. The van der Waals surface area contributed by atoms with Crippen molar-refractivity contribution in [1.29, 1.82) is 0 Å². The molecule has 0 fully saturated rings. The van der Waals surface area contributed by atoms with Crippen molar-refractivity contribution < 1.29 is 4.42 Å². The van der Waals surface area contributed by atoms with E-state index in [9.17, 15) is 0 Å². The van der Waals surface area contributed by atoms with Crippen molar-refractivity contribution in [3.8, 4) is 33.4 Å². The lowest BCUT2D eigenvalue weighted by molar-refractivity contribution is 0.670. The summed E-state index contributed by atoms with van der Waals surface area (Å²) in [6.07, 6.45) is 0. The van der Waals surface area contributed by atoms with Gasteiger partial charge >= 0.3 is 0 Å². The molecule has 0 amide bonds. The van der Waals surface area contributed by atoms with Crippen LogP contribution in [0.25, 0.3) is 55.3 Å². The standard InChI is InChI=1S/C31H22O/c1-21-20-25(22-8-3-2-4-9-22)18-19-26(21)23-14-16-24(17-15-23)27-11-7-12-29-28-10-5-6-13-30(28)32-31(27)29/h2-20H,1H3. The smallest absolute Gasteiger partial charge is 0.143 e. The second kappa shape index (κ2) is 7.55. The topological polar surface area (TPSA) is 13.1 Å². The highest BCUT2D eigenvalue weighted by Gasteiger charge is 2.12. The number of rotatable bonds is 3. The Labute approximate surface area is 187 Å². The predicted octanol–water partition coefficient (Wildman–Crippen LogP) is 8.90. The van der Waals surface area contributed by atoms with Gasteiger partial charge in [-0.05, 0) is 46.4 Å². The summed E-state index contributed by atoms with van der Waals surface area (Å²) in [5.41, 5.74) is 10.4. The molecule has 0 spiro atoms. The molecule has 6 rings (SSSR count). The van der Waals surface area contributed by atoms with Crippen LogP contribution < -0.4 is 0 Å². The van der Waals surface area contributed by atoms with Gasteiger partial charge in [0.05, 0.1) is 0 Å². The third-order valence-electron chi connectivity index (χ3n) is 6.24. The average Bonchev–Trinajstić information content (AvgIpc) is 3.24. The van der Waals surface area contributed by atoms with Gasteiger partial charge in [0.2, 0.25) is 0 Å². The van der Waals surface area contributed by atoms with Crippen LogP contribution in [0.3, 0.4) is 0 Å². The molecule has 5 aromatic carbocycles. The number of para-hydroxylation sites is 2. The van der Waals surface area contributed by atoms with Crippen molar-refractivity contribution in [2.24, 2.45) is 0 Å². The summed E-state index contributed by atoms with van der Waals surface area (Å²) < 4.78 is 6.23. The minimum absolute atomic E-state index is 0.931. The molecular weight excluding hydrogens is 388 g/mol. The van der Waals surface area contributed by atoms with Gasteiger partial charge in [-0.25, -0.2) is 0 Å². The first-order valence-electron chi connectivity index (χ1n) is 10.9. The van der Waals surface area contributed by atoms with Crippen molar-refractivity contribution >= 4 is 21.9 Å². The van der Waals surface area contributed by atoms with E-state index in [-0.39, 0.29) is 0 Å². The Morgan fingerprint density at radius 1 is 0.469 bits per heavy atom. The summed E-state index contributed by atoms with van der Waals surface area (Å²) in [7, 11) is 0. The van der Waals surface area contributed by atoms with E-state index in [1.807, 2.05) is 12.1 Å². The summed E-state index contributed by atoms with van der Waals surface area (Å²) in [5.74, 6) is 0. The second-order valence-corrected chi connectivity index (χ2v) is 8.25. The molecule has 1 heterocycles. The van der Waals surface area contributed by atoms with Crippen LogP contribution in [0.15, 0.2) is 120 Å². The Bertz CT molecular complexity index is 1550. The van der Waals surface area contributed by atoms with Crippen molar-refractivity contribution in [3.05, 3.63) is 121 Å². The lowest BCUT2D eigenvalue weighted by Crippen LogP contribution is -1.86. The summed E-state index contributed by atoms with van der Waals surface area (Å²) in [4.78, 5) is 0. The fourth-order valence-electron chi connectivity index (χ4n) is 4.60. The fourth-order valence-corrected chi connectivity index (χ4v) is 4.60. The van der Waals surface area contributed by atoms with E-state index in [0.717, 1.165) is 33.1 Å². The number of hydrogen-bond donors (Lipinski definition) is 0. The molecule has 1 aromatic heterocycles. The van der Waals surface area contributed by atoms with Gasteiger partial charge in [-0.3, -0.25) is 0 Å². The summed E-state index contributed by atoms with van der Waals surface area (Å²) in [6.45, 7) is 2.19. The largest absolute Gasteiger partial charge is 0.455 e. The maximum atomic E-state index is 6.23. The third-order valence-corrected chi connectivity index (χ3v) is 6.24. The van der Waals surface area contributed by atoms with Gasteiger partial charge in [0, 0.05) is 16.3 Å². The molecule has 1 heteroatoms. The average molecular weight is 411 g/mol. The zero-order valence-electron chi connectivity index (χ0n) is 17.9.